The Morgan fingerprint density at radius 1 is 0.406 bits per heavy atom. The van der Waals surface area contributed by atoms with Crippen LogP contribution in [-0.2, 0) is 53.3 Å². The van der Waals surface area contributed by atoms with Crippen LogP contribution in [0.2, 0.25) is 0 Å². The van der Waals surface area contributed by atoms with Gasteiger partial charge in [-0.25, -0.2) is 13.2 Å². The van der Waals surface area contributed by atoms with Gasteiger partial charge in [-0.3, -0.25) is 14.4 Å². The van der Waals surface area contributed by atoms with E-state index in [0.717, 1.165) is 148 Å². The first-order valence-electron chi connectivity index (χ1n) is 47.3. The molecule has 133 heavy (non-hydrogen) atoms. The zero-order valence-corrected chi connectivity index (χ0v) is 77.4. The van der Waals surface area contributed by atoms with Crippen LogP contribution in [0.15, 0.2) is 146 Å². The highest BCUT2D eigenvalue weighted by Gasteiger charge is 2.41. The van der Waals surface area contributed by atoms with Gasteiger partial charge in [0.05, 0.1) is 92.3 Å². The number of nitriles is 3. The molecule has 7 fully saturated rings. The summed E-state index contributed by atoms with van der Waals surface area (Å²) < 4.78 is 60.4. The Morgan fingerprint density at radius 2 is 0.737 bits per heavy atom. The minimum atomic E-state index is -1.01. The molecule has 694 valence electrons. The van der Waals surface area contributed by atoms with Gasteiger partial charge in [0, 0.05) is 147 Å². The molecule has 10 aliphatic rings. The quantitative estimate of drug-likeness (QED) is 0.0538. The molecule has 0 N–H and O–H groups in total. The highest BCUT2D eigenvalue weighted by molar-refractivity contribution is 6.00. The van der Waals surface area contributed by atoms with E-state index in [1.807, 2.05) is 0 Å². The minimum Gasteiger partial charge on any atom is -0.462 e. The van der Waals surface area contributed by atoms with Crippen molar-refractivity contribution in [2.45, 2.75) is 178 Å². The standard InChI is InChI=1S/C35H40FN7O2.C35H42FN7O2.C33H38FN7O2/c1-23(36)34(44)43-19-18-42(20-26(43)13-15-37)33-29-14-17-41(21-30(29)38-35(39-33)45-22-27-8-5-16-40(27)2)31-10-4-7-25-6-3-9-28(32(25)31)24-11-12-24;1-23(2)28-11-5-8-25-9-6-12-31(32(25)28)41-17-14-29-30(21-41)38-35(45-22-27-10-7-16-40(27)4)39-33(29)42-18-19-43(34(44)24(3)36)26(20-42)13-15-37;1-22-7-4-8-24-9-5-11-29(30(22)24)39-16-13-27-28(20-39)36-33(43-21-26-10-6-15-38(26)3)37-31(27)40-17-18-41(32(42)23(2)34)25(19-40)12-14-35/h3-4,6-7,9-10,24,26-27H,1,5,8,11-14,16-22H2,2H3;5-6,8-9,11-12,23,26-27H,3,7,10,13-14,16-22H2,1-2,4H3;4-5,7-9,11,25-26H,2,6,10,12-13,15-21H2,1,3H3/t2*26-,27-;25-,26-/m000/s1. The van der Waals surface area contributed by atoms with E-state index in [2.05, 4.69) is 233 Å². The molecule has 12 heterocycles. The topological polar surface area (TPSA) is 266 Å². The van der Waals surface area contributed by atoms with Gasteiger partial charge in [0.15, 0.2) is 17.5 Å². The Bertz CT molecular complexity index is 5780. The Morgan fingerprint density at radius 3 is 1.08 bits per heavy atom. The van der Waals surface area contributed by atoms with E-state index in [1.54, 1.807) is 0 Å². The highest BCUT2D eigenvalue weighted by Crippen LogP contribution is 2.48. The molecule has 3 aromatic heterocycles. The number of carbonyl (C=O) groups is 3. The zero-order valence-electron chi connectivity index (χ0n) is 77.4. The molecule has 19 rings (SSSR count). The summed E-state index contributed by atoms with van der Waals surface area (Å²) in [6.45, 7) is 28.5. The maximum atomic E-state index is 13.9. The number of likely N-dealkylation sites (tertiary alicyclic amines) is 3. The maximum absolute atomic E-state index is 13.9. The van der Waals surface area contributed by atoms with E-state index in [-0.39, 0.29) is 38.9 Å². The van der Waals surface area contributed by atoms with Crippen molar-refractivity contribution in [1.82, 2.24) is 59.3 Å². The van der Waals surface area contributed by atoms with Crippen LogP contribution in [0.5, 0.6) is 18.0 Å². The van der Waals surface area contributed by atoms with Gasteiger partial charge in [0.25, 0.3) is 17.7 Å². The minimum absolute atomic E-state index is 0.0905. The normalized spacial score (nSPS) is 21.0. The van der Waals surface area contributed by atoms with E-state index in [0.29, 0.717) is 127 Å². The lowest BCUT2D eigenvalue weighted by molar-refractivity contribution is -0.132. The predicted octanol–water partition coefficient (Wildman–Crippen LogP) is 14.5. The van der Waals surface area contributed by atoms with E-state index in [1.165, 1.54) is 93.6 Å². The average Bonchev–Trinajstić information content (AvgIpc) is 1.73. The Labute approximate surface area is 777 Å². The van der Waals surface area contributed by atoms with Crippen LogP contribution < -0.4 is 43.6 Å². The summed E-state index contributed by atoms with van der Waals surface area (Å²) in [5.41, 5.74) is 13.6. The van der Waals surface area contributed by atoms with Gasteiger partial charge in [-0.05, 0) is 181 Å². The second-order valence-electron chi connectivity index (χ2n) is 37.5. The zero-order chi connectivity index (χ0) is 92.8. The van der Waals surface area contributed by atoms with E-state index < -0.39 is 53.3 Å². The number of likely N-dealkylation sites (N-methyl/N-ethyl adjacent to an activating group) is 3. The van der Waals surface area contributed by atoms with Crippen molar-refractivity contribution in [2.24, 2.45) is 0 Å². The summed E-state index contributed by atoms with van der Waals surface area (Å²) in [4.78, 5) is 92.2. The second kappa shape index (κ2) is 40.8. The monoisotopic (exact) mass is 1800 g/mol. The molecule has 30 heteroatoms. The number of carbonyl (C=O) groups excluding carboxylic acids is 3. The average molecular weight is 1810 g/mol. The van der Waals surface area contributed by atoms with Gasteiger partial charge in [-0.15, -0.1) is 0 Å². The molecule has 1 aliphatic carbocycles. The van der Waals surface area contributed by atoms with Gasteiger partial charge in [-0.2, -0.15) is 45.7 Å². The lowest BCUT2D eigenvalue weighted by atomic mass is 9.93. The fourth-order valence-corrected chi connectivity index (χ4v) is 21.3. The fraction of sp³-hybridized carbons (Fsp3) is 0.476. The molecule has 0 unspecified atom stereocenters. The lowest BCUT2D eigenvalue weighted by Crippen LogP contribution is -2.55. The van der Waals surface area contributed by atoms with Crippen LogP contribution in [0.25, 0.3) is 32.3 Å². The molecule has 1 saturated carbocycles. The van der Waals surface area contributed by atoms with Crippen LogP contribution in [0.4, 0.5) is 47.7 Å². The smallest absolute Gasteiger partial charge is 0.318 e. The maximum Gasteiger partial charge on any atom is 0.318 e. The highest BCUT2D eigenvalue weighted by atomic mass is 19.1. The van der Waals surface area contributed by atoms with Gasteiger partial charge in [0.1, 0.15) is 37.3 Å². The Kier molecular flexibility index (Phi) is 28.3. The molecule has 9 aromatic rings. The number of halogens is 3. The van der Waals surface area contributed by atoms with Crippen LogP contribution in [0.1, 0.15) is 147 Å². The molecular weight excluding hydrogens is 1680 g/mol. The molecule has 0 radical (unpaired) electrons. The predicted molar refractivity (Wildman–Crippen MR) is 511 cm³/mol. The summed E-state index contributed by atoms with van der Waals surface area (Å²) in [5, 5.41) is 36.1. The number of ether oxygens (including phenoxy) is 3. The van der Waals surface area contributed by atoms with Gasteiger partial charge in [0.2, 0.25) is 0 Å². The number of fused-ring (bicyclic) bond motifs is 6. The van der Waals surface area contributed by atoms with E-state index >= 15 is 0 Å². The van der Waals surface area contributed by atoms with Gasteiger partial charge >= 0.3 is 18.0 Å². The van der Waals surface area contributed by atoms with Gasteiger partial charge in [-0.1, -0.05) is 125 Å². The Hall–Kier alpha value is -12.7. The molecule has 6 saturated heterocycles. The summed E-state index contributed by atoms with van der Waals surface area (Å²) in [6.07, 6.45) is 11.7. The second-order valence-corrected chi connectivity index (χ2v) is 37.5. The first-order valence-corrected chi connectivity index (χ1v) is 47.3. The Balaban J connectivity index is 0.000000139. The first-order chi connectivity index (χ1) is 64.5. The van der Waals surface area contributed by atoms with Crippen LogP contribution >= 0.6 is 0 Å². The van der Waals surface area contributed by atoms with Crippen molar-refractivity contribution in [3.63, 3.8) is 0 Å². The van der Waals surface area contributed by atoms with Crippen molar-refractivity contribution in [3.05, 3.63) is 197 Å². The van der Waals surface area contributed by atoms with Crippen LogP contribution in [-0.4, -0.2) is 252 Å². The number of nitrogens with zero attached hydrogens (tertiary/aromatic N) is 21. The third-order valence-electron chi connectivity index (χ3n) is 28.7. The summed E-state index contributed by atoms with van der Waals surface area (Å²) >= 11 is 0. The molecule has 3 amide bonds. The number of anilines is 6. The summed E-state index contributed by atoms with van der Waals surface area (Å²) in [6, 6.07) is 46.2. The van der Waals surface area contributed by atoms with Crippen molar-refractivity contribution >= 4 is 84.6 Å². The van der Waals surface area contributed by atoms with Crippen molar-refractivity contribution in [3.8, 4) is 36.2 Å². The number of hydrogen-bond donors (Lipinski definition) is 0. The molecule has 0 bridgehead atoms. The van der Waals surface area contributed by atoms with Crippen molar-refractivity contribution in [1.29, 1.82) is 15.8 Å². The number of rotatable bonds is 23. The summed E-state index contributed by atoms with van der Waals surface area (Å²) in [5.74, 6) is -1.90. The van der Waals surface area contributed by atoms with E-state index in [9.17, 15) is 43.3 Å². The largest absolute Gasteiger partial charge is 0.462 e. The van der Waals surface area contributed by atoms with Crippen molar-refractivity contribution in [2.75, 3.05) is 169 Å². The third-order valence-corrected chi connectivity index (χ3v) is 28.7. The molecule has 6 atom stereocenters. The number of hydrogen-bond acceptors (Lipinski definition) is 24. The SMILES string of the molecule is C=C(F)C(=O)N1CCN(c2nc(OC[C@@H]3CCCN3C)nc3c2CCN(c2cccc4cccc(C(C)C)c24)C3)C[C@@H]1CC#N.C=C(F)C(=O)N1CCN(c2nc(OC[C@@H]3CCCN3C)nc3c2CCN(c2cccc4cccc(C)c24)C3)C[C@@H]1CC#N.C=C(F)C(=O)N1CCN(c2nc(OC[C@@H]3CCCN3C)nc3c2CCN(c2cccc4cccc(C5CC5)c24)C3)C[C@@H]1CC#N. The van der Waals surface area contributed by atoms with E-state index in [4.69, 9.17) is 44.1 Å². The molecule has 0 spiro atoms. The number of benzene rings is 6. The fourth-order valence-electron chi connectivity index (χ4n) is 21.3. The number of amides is 3. The van der Waals surface area contributed by atoms with Gasteiger partial charge < -0.3 is 73.0 Å². The third kappa shape index (κ3) is 20.0. The van der Waals surface area contributed by atoms with Crippen molar-refractivity contribution < 1.29 is 41.8 Å². The molecular formula is C103H120F3N21O6. The molecule has 9 aliphatic heterocycles. The first kappa shape index (κ1) is 92.2. The van der Waals surface area contributed by atoms with Crippen LogP contribution in [0.3, 0.4) is 0 Å². The number of piperazine rings is 3. The number of aromatic nitrogens is 6. The summed E-state index contributed by atoms with van der Waals surface area (Å²) in [7, 11) is 6.36. The molecule has 27 nitrogen and oxygen atoms in total. The number of aryl methyl sites for hydroxylation is 1. The van der Waals surface area contributed by atoms with Crippen LogP contribution in [0, 0.1) is 40.9 Å². The molecule has 6 aromatic carbocycles. The lowest BCUT2D eigenvalue weighted by Gasteiger charge is -2.42.